The highest BCUT2D eigenvalue weighted by atomic mass is 79.9. The number of hydrogen-bond donors (Lipinski definition) is 0. The zero-order valence-corrected chi connectivity index (χ0v) is 19.2. The maximum absolute atomic E-state index is 12.8. The van der Waals surface area contributed by atoms with E-state index in [1.54, 1.807) is 4.90 Å². The van der Waals surface area contributed by atoms with Gasteiger partial charge in [-0.15, -0.1) is 0 Å². The van der Waals surface area contributed by atoms with Crippen molar-refractivity contribution in [3.63, 3.8) is 0 Å². The molecule has 1 heterocycles. The smallest absolute Gasteiger partial charge is 0.266 e. The Morgan fingerprint density at radius 1 is 1.21 bits per heavy atom. The monoisotopic (exact) mass is 488 g/mol. The lowest BCUT2D eigenvalue weighted by Gasteiger charge is -2.22. The van der Waals surface area contributed by atoms with Crippen LogP contribution in [0, 0.1) is 0 Å². The van der Waals surface area contributed by atoms with E-state index < -0.39 is 0 Å². The van der Waals surface area contributed by atoms with Gasteiger partial charge in [-0.3, -0.25) is 14.5 Å². The van der Waals surface area contributed by atoms with Crippen molar-refractivity contribution in [1.29, 1.82) is 0 Å². The predicted molar refractivity (Wildman–Crippen MR) is 126 cm³/mol. The van der Waals surface area contributed by atoms with Crippen LogP contribution in [0.4, 0.5) is 0 Å². The molecule has 2 aromatic carbocycles. The van der Waals surface area contributed by atoms with Gasteiger partial charge in [0, 0.05) is 30.5 Å². The minimum atomic E-state index is -0.140. The van der Waals surface area contributed by atoms with Crippen molar-refractivity contribution in [3.05, 3.63) is 75.1 Å². The van der Waals surface area contributed by atoms with Crippen molar-refractivity contribution in [2.24, 2.45) is 0 Å². The fraction of sp³-hybridized carbons (Fsp3) is 0.227. The van der Waals surface area contributed by atoms with Gasteiger partial charge in [0.25, 0.3) is 5.91 Å². The molecule has 0 radical (unpaired) electrons. The van der Waals surface area contributed by atoms with Crippen LogP contribution in [0.15, 0.2) is 64.0 Å². The van der Waals surface area contributed by atoms with Crippen LogP contribution in [0.5, 0.6) is 0 Å². The highest BCUT2D eigenvalue weighted by molar-refractivity contribution is 9.10. The van der Waals surface area contributed by atoms with Crippen molar-refractivity contribution >= 4 is 62.1 Å². The third-order valence-electron chi connectivity index (χ3n) is 4.52. The Balaban J connectivity index is 1.61. The van der Waals surface area contributed by atoms with Gasteiger partial charge >= 0.3 is 0 Å². The average molecular weight is 489 g/mol. The first-order chi connectivity index (χ1) is 14.0. The molecule has 0 N–H and O–H groups in total. The van der Waals surface area contributed by atoms with E-state index in [-0.39, 0.29) is 18.2 Å². The summed E-state index contributed by atoms with van der Waals surface area (Å²) in [4.78, 5) is 29.3. The van der Waals surface area contributed by atoms with Crippen LogP contribution < -0.4 is 0 Å². The maximum Gasteiger partial charge on any atom is 0.266 e. The van der Waals surface area contributed by atoms with Gasteiger partial charge in [0.2, 0.25) is 5.91 Å². The third kappa shape index (κ3) is 5.78. The number of halogens is 1. The van der Waals surface area contributed by atoms with E-state index in [1.165, 1.54) is 16.7 Å². The zero-order chi connectivity index (χ0) is 20.8. The molecule has 0 bridgehead atoms. The molecule has 1 fully saturated rings. The quantitative estimate of drug-likeness (QED) is 0.402. The van der Waals surface area contributed by atoms with E-state index in [0.29, 0.717) is 28.9 Å². The molecule has 0 aliphatic carbocycles. The van der Waals surface area contributed by atoms with E-state index in [4.69, 9.17) is 12.2 Å². The molecule has 0 atom stereocenters. The van der Waals surface area contributed by atoms with Crippen molar-refractivity contribution in [2.75, 3.05) is 13.1 Å². The van der Waals surface area contributed by atoms with E-state index >= 15 is 0 Å². The highest BCUT2D eigenvalue weighted by Gasteiger charge is 2.32. The van der Waals surface area contributed by atoms with E-state index in [9.17, 15) is 9.59 Å². The predicted octanol–water partition coefficient (Wildman–Crippen LogP) is 5.09. The largest absolute Gasteiger partial charge is 0.339 e. The van der Waals surface area contributed by atoms with Gasteiger partial charge in [0.05, 0.1) is 4.91 Å². The Morgan fingerprint density at radius 2 is 1.97 bits per heavy atom. The van der Waals surface area contributed by atoms with E-state index in [2.05, 4.69) is 15.9 Å². The van der Waals surface area contributed by atoms with Crippen molar-refractivity contribution < 1.29 is 9.59 Å². The Kier molecular flexibility index (Phi) is 7.64. The van der Waals surface area contributed by atoms with Crippen LogP contribution in [0.25, 0.3) is 6.08 Å². The number of thioether (sulfide) groups is 1. The number of amides is 2. The van der Waals surface area contributed by atoms with Crippen LogP contribution in [0.3, 0.4) is 0 Å². The SMILES string of the molecule is CCN(Cc1ccccc1)C(=O)CCN1C(=O)/C(=C/c2cccc(Br)c2)SC1=S. The molecule has 7 heteroatoms. The first kappa shape index (κ1) is 21.7. The Labute approximate surface area is 189 Å². The van der Waals surface area contributed by atoms with Gasteiger partial charge in [-0.2, -0.15) is 0 Å². The highest BCUT2D eigenvalue weighted by Crippen LogP contribution is 2.33. The lowest BCUT2D eigenvalue weighted by Crippen LogP contribution is -2.35. The molecule has 0 spiro atoms. The molecule has 0 aromatic heterocycles. The molecule has 1 saturated heterocycles. The Hall–Kier alpha value is -1.96. The minimum absolute atomic E-state index is 0.0152. The molecule has 4 nitrogen and oxygen atoms in total. The van der Waals surface area contributed by atoms with Gasteiger partial charge in [-0.25, -0.2) is 0 Å². The molecule has 29 heavy (non-hydrogen) atoms. The Morgan fingerprint density at radius 3 is 2.66 bits per heavy atom. The normalized spacial score (nSPS) is 15.2. The number of thiocarbonyl (C=S) groups is 1. The fourth-order valence-corrected chi connectivity index (χ4v) is 4.71. The maximum atomic E-state index is 12.8. The number of carbonyl (C=O) groups is 2. The van der Waals surface area contributed by atoms with Gasteiger partial charge in [0.1, 0.15) is 4.32 Å². The molecule has 2 amide bonds. The number of hydrogen-bond acceptors (Lipinski definition) is 4. The van der Waals surface area contributed by atoms with Crippen molar-refractivity contribution in [1.82, 2.24) is 9.80 Å². The number of carbonyl (C=O) groups excluding carboxylic acids is 2. The molecular formula is C22H21BrN2O2S2. The molecule has 150 valence electrons. The van der Waals surface area contributed by atoms with Crippen LogP contribution in [0.1, 0.15) is 24.5 Å². The summed E-state index contributed by atoms with van der Waals surface area (Å²) in [5, 5.41) is 0. The average Bonchev–Trinajstić information content (AvgIpc) is 2.97. The van der Waals surface area contributed by atoms with Crippen LogP contribution in [-0.2, 0) is 16.1 Å². The lowest BCUT2D eigenvalue weighted by molar-refractivity contribution is -0.132. The van der Waals surface area contributed by atoms with Crippen molar-refractivity contribution in [2.45, 2.75) is 19.9 Å². The summed E-state index contributed by atoms with van der Waals surface area (Å²) < 4.78 is 1.44. The summed E-state index contributed by atoms with van der Waals surface area (Å²) in [5.74, 6) is -0.125. The molecule has 1 aliphatic heterocycles. The van der Waals surface area contributed by atoms with Gasteiger partial charge < -0.3 is 4.90 Å². The molecule has 1 aliphatic rings. The number of nitrogens with zero attached hydrogens (tertiary/aromatic N) is 2. The zero-order valence-electron chi connectivity index (χ0n) is 16.0. The second-order valence-corrected chi connectivity index (χ2v) is 9.12. The summed E-state index contributed by atoms with van der Waals surface area (Å²) in [6.07, 6.45) is 2.08. The summed E-state index contributed by atoms with van der Waals surface area (Å²) in [6, 6.07) is 17.6. The summed E-state index contributed by atoms with van der Waals surface area (Å²) >= 11 is 10.1. The molecule has 3 rings (SSSR count). The minimum Gasteiger partial charge on any atom is -0.339 e. The molecular weight excluding hydrogens is 468 g/mol. The number of benzene rings is 2. The molecule has 0 saturated carbocycles. The second kappa shape index (κ2) is 10.2. The molecule has 2 aromatic rings. The van der Waals surface area contributed by atoms with Crippen LogP contribution >= 0.6 is 39.9 Å². The summed E-state index contributed by atoms with van der Waals surface area (Å²) in [7, 11) is 0. The van der Waals surface area contributed by atoms with E-state index in [1.807, 2.05) is 67.6 Å². The summed E-state index contributed by atoms with van der Waals surface area (Å²) in [6.45, 7) is 3.44. The van der Waals surface area contributed by atoms with E-state index in [0.717, 1.165) is 15.6 Å². The summed E-state index contributed by atoms with van der Waals surface area (Å²) in [5.41, 5.74) is 2.02. The van der Waals surface area contributed by atoms with Gasteiger partial charge in [-0.05, 0) is 36.3 Å². The van der Waals surface area contributed by atoms with Crippen LogP contribution in [0.2, 0.25) is 0 Å². The van der Waals surface area contributed by atoms with Crippen molar-refractivity contribution in [3.8, 4) is 0 Å². The first-order valence-corrected chi connectivity index (χ1v) is 11.3. The topological polar surface area (TPSA) is 40.6 Å². The molecule has 0 unspecified atom stereocenters. The second-order valence-electron chi connectivity index (χ2n) is 6.53. The van der Waals surface area contributed by atoms with Gasteiger partial charge in [-0.1, -0.05) is 82.4 Å². The third-order valence-corrected chi connectivity index (χ3v) is 6.39. The van der Waals surface area contributed by atoms with Crippen LogP contribution in [-0.4, -0.2) is 39.0 Å². The number of rotatable bonds is 7. The lowest BCUT2D eigenvalue weighted by atomic mass is 10.2. The van der Waals surface area contributed by atoms with Gasteiger partial charge in [0.15, 0.2) is 0 Å². The fourth-order valence-electron chi connectivity index (χ4n) is 2.99. The standard InChI is InChI=1S/C22H21BrN2O2S2/c1-2-24(15-16-7-4-3-5-8-16)20(26)11-12-25-21(27)19(29-22(25)28)14-17-9-6-10-18(23)13-17/h3-10,13-14H,2,11-12,15H2,1H3/b19-14-. The Bertz CT molecular complexity index is 947. The first-order valence-electron chi connectivity index (χ1n) is 9.30.